The Morgan fingerprint density at radius 3 is 2.50 bits per heavy atom. The molecule has 130 valence electrons. The minimum absolute atomic E-state index is 0.0600. The molecule has 3 rings (SSSR count). The van der Waals surface area contributed by atoms with E-state index < -0.39 is 0 Å². The van der Waals surface area contributed by atoms with E-state index in [-0.39, 0.29) is 24.2 Å². The van der Waals surface area contributed by atoms with Gasteiger partial charge in [-0.2, -0.15) is 0 Å². The Kier molecular flexibility index (Phi) is 5.07. The third kappa shape index (κ3) is 3.25. The van der Waals surface area contributed by atoms with E-state index >= 15 is 0 Å². The smallest absolute Gasteiger partial charge is 0.329 e. The number of carbonyl (C=O) groups excluding carboxylic acids is 1. The number of benzene rings is 1. The summed E-state index contributed by atoms with van der Waals surface area (Å²) in [4.78, 5) is 25.2. The first kappa shape index (κ1) is 16.8. The number of para-hydroxylation sites is 2. The number of carbonyl (C=O) groups is 1. The van der Waals surface area contributed by atoms with E-state index in [1.165, 1.54) is 19.3 Å². The van der Waals surface area contributed by atoms with Crippen molar-refractivity contribution in [3.05, 3.63) is 34.7 Å². The van der Waals surface area contributed by atoms with E-state index in [0.717, 1.165) is 23.9 Å². The summed E-state index contributed by atoms with van der Waals surface area (Å²) in [5.74, 6) is 0.455. The molecule has 1 aliphatic carbocycles. The van der Waals surface area contributed by atoms with Crippen molar-refractivity contribution in [1.29, 1.82) is 0 Å². The van der Waals surface area contributed by atoms with Crippen molar-refractivity contribution < 1.29 is 4.79 Å². The number of amides is 1. The number of hydrogen-bond donors (Lipinski definition) is 1. The number of aryl methyl sites for hydroxylation is 1. The molecule has 0 radical (unpaired) electrons. The fraction of sp³-hybridized carbons (Fsp3) is 0.579. The molecular formula is C19H27N3O2. The van der Waals surface area contributed by atoms with Crippen molar-refractivity contribution in [2.45, 2.75) is 65.1 Å². The lowest BCUT2D eigenvalue weighted by molar-refractivity contribution is -0.122. The average Bonchev–Trinajstić information content (AvgIpc) is 2.83. The van der Waals surface area contributed by atoms with Gasteiger partial charge in [0.25, 0.3) is 0 Å². The molecule has 1 aromatic heterocycles. The minimum Gasteiger partial charge on any atom is -0.352 e. The van der Waals surface area contributed by atoms with E-state index in [1.807, 2.05) is 24.3 Å². The first-order chi connectivity index (χ1) is 11.6. The standard InChI is InChI=1S/C19H27N3O2/c1-3-12-21-16-10-6-7-11-17(16)22(19(21)24)13-18(23)20-15-9-5-4-8-14(15)2/h6-7,10-11,14-15H,3-5,8-9,12-13H2,1-2H3,(H,20,23). The normalized spacial score (nSPS) is 21.1. The number of nitrogens with zero attached hydrogens (tertiary/aromatic N) is 2. The Hall–Kier alpha value is -2.04. The monoisotopic (exact) mass is 329 g/mol. The van der Waals surface area contributed by atoms with Gasteiger partial charge in [0.1, 0.15) is 6.54 Å². The lowest BCUT2D eigenvalue weighted by Crippen LogP contribution is -2.43. The number of fused-ring (bicyclic) bond motifs is 1. The summed E-state index contributed by atoms with van der Waals surface area (Å²) in [5, 5.41) is 3.14. The molecule has 0 spiro atoms. The van der Waals surface area contributed by atoms with Gasteiger partial charge in [0.15, 0.2) is 0 Å². The minimum atomic E-state index is -0.0927. The molecule has 1 aromatic carbocycles. The zero-order valence-corrected chi connectivity index (χ0v) is 14.6. The van der Waals surface area contributed by atoms with Crippen LogP contribution in [0.5, 0.6) is 0 Å². The summed E-state index contributed by atoms with van der Waals surface area (Å²) in [6.45, 7) is 5.02. The largest absolute Gasteiger partial charge is 0.352 e. The maximum Gasteiger partial charge on any atom is 0.329 e. The second kappa shape index (κ2) is 7.24. The summed E-state index contributed by atoms with van der Waals surface area (Å²) >= 11 is 0. The molecule has 0 aliphatic heterocycles. The maximum absolute atomic E-state index is 12.7. The van der Waals surface area contributed by atoms with Crippen molar-refractivity contribution in [3.63, 3.8) is 0 Å². The van der Waals surface area contributed by atoms with Gasteiger partial charge < -0.3 is 5.32 Å². The third-order valence-corrected chi connectivity index (χ3v) is 5.13. The predicted octanol–water partition coefficient (Wildman–Crippen LogP) is 2.91. The molecule has 1 N–H and O–H groups in total. The van der Waals surface area contributed by atoms with Crippen molar-refractivity contribution >= 4 is 16.9 Å². The van der Waals surface area contributed by atoms with E-state index in [1.54, 1.807) is 9.13 Å². The second-order valence-corrected chi connectivity index (χ2v) is 6.94. The van der Waals surface area contributed by atoms with Crippen LogP contribution in [0, 0.1) is 5.92 Å². The fourth-order valence-electron chi connectivity index (χ4n) is 3.79. The Morgan fingerprint density at radius 2 is 1.83 bits per heavy atom. The highest BCUT2D eigenvalue weighted by atomic mass is 16.2. The number of aromatic nitrogens is 2. The van der Waals surface area contributed by atoms with Crippen molar-refractivity contribution in [1.82, 2.24) is 14.5 Å². The number of rotatable bonds is 5. The molecule has 2 aromatic rings. The van der Waals surface area contributed by atoms with Gasteiger partial charge in [-0.3, -0.25) is 13.9 Å². The van der Waals surface area contributed by atoms with Gasteiger partial charge in [-0.25, -0.2) is 4.79 Å². The molecule has 1 amide bonds. The number of hydrogen-bond acceptors (Lipinski definition) is 2. The molecule has 1 aliphatic rings. The van der Waals surface area contributed by atoms with Crippen LogP contribution >= 0.6 is 0 Å². The van der Waals surface area contributed by atoms with Crippen molar-refractivity contribution in [2.75, 3.05) is 0 Å². The second-order valence-electron chi connectivity index (χ2n) is 6.94. The quantitative estimate of drug-likeness (QED) is 0.917. The lowest BCUT2D eigenvalue weighted by Gasteiger charge is -2.29. The highest BCUT2D eigenvalue weighted by molar-refractivity contribution is 5.81. The topological polar surface area (TPSA) is 56.0 Å². The molecule has 24 heavy (non-hydrogen) atoms. The Balaban J connectivity index is 1.83. The van der Waals surface area contributed by atoms with E-state index in [2.05, 4.69) is 19.2 Å². The summed E-state index contributed by atoms with van der Waals surface area (Å²) in [5.41, 5.74) is 1.65. The van der Waals surface area contributed by atoms with Crippen LogP contribution in [-0.4, -0.2) is 21.1 Å². The first-order valence-electron chi connectivity index (χ1n) is 9.09. The zero-order chi connectivity index (χ0) is 17.1. The van der Waals surface area contributed by atoms with E-state index in [4.69, 9.17) is 0 Å². The Labute approximate surface area is 142 Å². The van der Waals surface area contributed by atoms with Gasteiger partial charge >= 0.3 is 5.69 Å². The van der Waals surface area contributed by atoms with Gasteiger partial charge in [-0.05, 0) is 37.3 Å². The van der Waals surface area contributed by atoms with Crippen LogP contribution in [0.25, 0.3) is 11.0 Å². The van der Waals surface area contributed by atoms with Gasteiger partial charge in [-0.1, -0.05) is 38.8 Å². The highest BCUT2D eigenvalue weighted by Crippen LogP contribution is 2.23. The molecule has 1 saturated carbocycles. The van der Waals surface area contributed by atoms with Crippen LogP contribution in [0.3, 0.4) is 0 Å². The van der Waals surface area contributed by atoms with E-state index in [0.29, 0.717) is 12.5 Å². The molecule has 1 fully saturated rings. The number of nitrogens with one attached hydrogen (secondary N) is 1. The molecule has 0 bridgehead atoms. The van der Waals surface area contributed by atoms with Crippen molar-refractivity contribution in [2.24, 2.45) is 5.92 Å². The maximum atomic E-state index is 12.7. The van der Waals surface area contributed by atoms with Gasteiger partial charge in [0.05, 0.1) is 11.0 Å². The van der Waals surface area contributed by atoms with Crippen LogP contribution in [-0.2, 0) is 17.9 Å². The Bertz CT molecular complexity index is 775. The molecule has 0 saturated heterocycles. The molecule has 2 atom stereocenters. The first-order valence-corrected chi connectivity index (χ1v) is 9.09. The zero-order valence-electron chi connectivity index (χ0n) is 14.6. The number of imidazole rings is 1. The van der Waals surface area contributed by atoms with Gasteiger partial charge in [0.2, 0.25) is 5.91 Å². The van der Waals surface area contributed by atoms with Crippen LogP contribution in [0.1, 0.15) is 46.0 Å². The summed E-state index contributed by atoms with van der Waals surface area (Å²) in [6.07, 6.45) is 5.52. The molecular weight excluding hydrogens is 302 g/mol. The van der Waals surface area contributed by atoms with Crippen LogP contribution in [0.15, 0.2) is 29.1 Å². The van der Waals surface area contributed by atoms with Crippen LogP contribution in [0.2, 0.25) is 0 Å². The molecule has 5 heteroatoms. The van der Waals surface area contributed by atoms with Gasteiger partial charge in [0, 0.05) is 12.6 Å². The molecule has 1 heterocycles. The van der Waals surface area contributed by atoms with E-state index in [9.17, 15) is 9.59 Å². The predicted molar refractivity (Wildman–Crippen MR) is 96.1 cm³/mol. The summed E-state index contributed by atoms with van der Waals surface area (Å²) in [7, 11) is 0. The van der Waals surface area contributed by atoms with Crippen LogP contribution in [0.4, 0.5) is 0 Å². The summed E-state index contributed by atoms with van der Waals surface area (Å²) < 4.78 is 3.37. The lowest BCUT2D eigenvalue weighted by atomic mass is 9.86. The van der Waals surface area contributed by atoms with Crippen LogP contribution < -0.4 is 11.0 Å². The molecule has 5 nitrogen and oxygen atoms in total. The fourth-order valence-corrected chi connectivity index (χ4v) is 3.79. The third-order valence-electron chi connectivity index (χ3n) is 5.13. The average molecular weight is 329 g/mol. The van der Waals surface area contributed by atoms with Gasteiger partial charge in [-0.15, -0.1) is 0 Å². The SMILES string of the molecule is CCCn1c(=O)n(CC(=O)NC2CCCCC2C)c2ccccc21. The Morgan fingerprint density at radius 1 is 1.17 bits per heavy atom. The van der Waals surface area contributed by atoms with Crippen molar-refractivity contribution in [3.8, 4) is 0 Å². The summed E-state index contributed by atoms with van der Waals surface area (Å²) in [6, 6.07) is 7.95. The molecule has 2 unspecified atom stereocenters. The highest BCUT2D eigenvalue weighted by Gasteiger charge is 2.23.